The van der Waals surface area contributed by atoms with Crippen LogP contribution in [0, 0.1) is 0 Å². The summed E-state index contributed by atoms with van der Waals surface area (Å²) in [4.78, 5) is 11.1. The molecule has 0 bridgehead atoms. The highest BCUT2D eigenvalue weighted by Gasteiger charge is 2.03. The van der Waals surface area contributed by atoms with Crippen molar-refractivity contribution in [3.05, 3.63) is 24.3 Å². The van der Waals surface area contributed by atoms with Gasteiger partial charge in [0.25, 0.3) is 0 Å². The first-order valence-corrected chi connectivity index (χ1v) is 6.91. The van der Waals surface area contributed by atoms with E-state index in [1.807, 2.05) is 0 Å². The Balaban J connectivity index is 2.83. The first-order valence-electron chi connectivity index (χ1n) is 4.39. The van der Waals surface area contributed by atoms with Crippen LogP contribution < -0.4 is 10.0 Å². The Hall–Kier alpha value is -1.21. The molecule has 2 N–H and O–H groups in total. The zero-order chi connectivity index (χ0) is 12.2. The lowest BCUT2D eigenvalue weighted by Gasteiger charge is -2.07. The third-order valence-corrected chi connectivity index (χ3v) is 2.49. The van der Waals surface area contributed by atoms with Crippen LogP contribution >= 0.6 is 12.6 Å². The van der Waals surface area contributed by atoms with Gasteiger partial charge in [0.05, 0.1) is 17.7 Å². The van der Waals surface area contributed by atoms with Crippen LogP contribution in [0.25, 0.3) is 0 Å². The predicted octanol–water partition coefficient (Wildman–Crippen LogP) is 0.926. The predicted molar refractivity (Wildman–Crippen MR) is 67.4 cm³/mol. The second-order valence-electron chi connectivity index (χ2n) is 3.16. The zero-order valence-electron chi connectivity index (χ0n) is 8.60. The number of carbonyl (C=O) groups is 1. The summed E-state index contributed by atoms with van der Waals surface area (Å²) in [6.45, 7) is 0. The molecule has 0 aliphatic rings. The molecule has 0 saturated heterocycles. The van der Waals surface area contributed by atoms with Crippen molar-refractivity contribution in [1.29, 1.82) is 0 Å². The fourth-order valence-electron chi connectivity index (χ4n) is 1.08. The lowest BCUT2D eigenvalue weighted by Crippen LogP contribution is -2.13. The van der Waals surface area contributed by atoms with Crippen LogP contribution in [0.3, 0.4) is 0 Å². The summed E-state index contributed by atoms with van der Waals surface area (Å²) in [5, 5.41) is 2.57. The Morgan fingerprint density at radius 2 is 2.00 bits per heavy atom. The summed E-state index contributed by atoms with van der Waals surface area (Å²) in [5.41, 5.74) is 0.923. The van der Waals surface area contributed by atoms with Crippen molar-refractivity contribution in [3.63, 3.8) is 0 Å². The number of nitrogens with one attached hydrogen (secondary N) is 2. The van der Waals surface area contributed by atoms with Crippen LogP contribution in [0.5, 0.6) is 0 Å². The molecule has 7 heteroatoms. The average molecular weight is 260 g/mol. The third-order valence-electron chi connectivity index (χ3n) is 1.59. The topological polar surface area (TPSA) is 75.3 Å². The Morgan fingerprint density at radius 3 is 2.56 bits per heavy atom. The van der Waals surface area contributed by atoms with Gasteiger partial charge in [0.2, 0.25) is 15.9 Å². The van der Waals surface area contributed by atoms with Gasteiger partial charge in [-0.15, -0.1) is 0 Å². The molecule has 1 amide bonds. The number of amides is 1. The smallest absolute Gasteiger partial charge is 0.234 e. The van der Waals surface area contributed by atoms with Gasteiger partial charge >= 0.3 is 0 Å². The first-order chi connectivity index (χ1) is 7.40. The largest absolute Gasteiger partial charge is 0.325 e. The molecular weight excluding hydrogens is 248 g/mol. The molecule has 0 saturated carbocycles. The summed E-state index contributed by atoms with van der Waals surface area (Å²) < 4.78 is 24.3. The number of benzene rings is 1. The lowest BCUT2D eigenvalue weighted by atomic mass is 10.3. The number of hydrogen-bond acceptors (Lipinski definition) is 4. The van der Waals surface area contributed by atoms with Gasteiger partial charge in [0.15, 0.2) is 0 Å². The van der Waals surface area contributed by atoms with Gasteiger partial charge in [-0.05, 0) is 18.2 Å². The minimum atomic E-state index is -3.31. The highest BCUT2D eigenvalue weighted by atomic mass is 32.2. The quantitative estimate of drug-likeness (QED) is 0.705. The molecule has 0 radical (unpaired) electrons. The lowest BCUT2D eigenvalue weighted by molar-refractivity contribution is -0.113. The molecule has 16 heavy (non-hydrogen) atoms. The van der Waals surface area contributed by atoms with E-state index in [9.17, 15) is 13.2 Å². The monoisotopic (exact) mass is 260 g/mol. The number of rotatable bonds is 4. The summed E-state index contributed by atoms with van der Waals surface area (Å²) in [6.07, 6.45) is 1.06. The van der Waals surface area contributed by atoms with E-state index in [2.05, 4.69) is 22.7 Å². The van der Waals surface area contributed by atoms with Crippen LogP contribution in [-0.2, 0) is 14.8 Å². The van der Waals surface area contributed by atoms with E-state index in [4.69, 9.17) is 0 Å². The summed E-state index contributed by atoms with van der Waals surface area (Å²) in [5.74, 6) is -0.177. The molecule has 0 unspecified atom stereocenters. The van der Waals surface area contributed by atoms with Gasteiger partial charge in [0, 0.05) is 5.69 Å². The van der Waals surface area contributed by atoms with Crippen molar-refractivity contribution in [2.24, 2.45) is 0 Å². The fraction of sp³-hybridized carbons (Fsp3) is 0.222. The molecule has 0 aromatic heterocycles. The van der Waals surface area contributed by atoms with E-state index in [-0.39, 0.29) is 11.7 Å². The maximum absolute atomic E-state index is 11.1. The van der Waals surface area contributed by atoms with Crippen LogP contribution in [0.1, 0.15) is 0 Å². The number of carbonyl (C=O) groups excluding carboxylic acids is 1. The Bertz CT molecular complexity index is 485. The van der Waals surface area contributed by atoms with Crippen molar-refractivity contribution in [2.45, 2.75) is 0 Å². The van der Waals surface area contributed by atoms with Crippen LogP contribution in [0.4, 0.5) is 11.4 Å². The third kappa shape index (κ3) is 4.54. The molecule has 1 aromatic carbocycles. The van der Waals surface area contributed by atoms with Crippen molar-refractivity contribution in [3.8, 4) is 0 Å². The van der Waals surface area contributed by atoms with Crippen LogP contribution in [0.15, 0.2) is 24.3 Å². The standard InChI is InChI=1S/C9H12N2O3S2/c1-16(13,14)11-8-4-2-3-7(5-8)10-9(12)6-15/h2-5,11,15H,6H2,1H3,(H,10,12). The molecule has 1 rings (SSSR count). The molecule has 5 nitrogen and oxygen atoms in total. The molecule has 88 valence electrons. The van der Waals surface area contributed by atoms with Gasteiger partial charge in [-0.3, -0.25) is 9.52 Å². The van der Waals surface area contributed by atoms with Gasteiger partial charge in [-0.25, -0.2) is 8.42 Å². The number of hydrogen-bond donors (Lipinski definition) is 3. The van der Waals surface area contributed by atoms with Crippen molar-refractivity contribution in [1.82, 2.24) is 0 Å². The maximum atomic E-state index is 11.1. The van der Waals surface area contributed by atoms with E-state index in [0.29, 0.717) is 11.4 Å². The van der Waals surface area contributed by atoms with E-state index in [1.54, 1.807) is 18.2 Å². The number of sulfonamides is 1. The van der Waals surface area contributed by atoms with Crippen molar-refractivity contribution in [2.75, 3.05) is 22.0 Å². The molecule has 0 fully saturated rings. The number of thiol groups is 1. The van der Waals surface area contributed by atoms with Gasteiger partial charge in [0.1, 0.15) is 0 Å². The molecular formula is C9H12N2O3S2. The maximum Gasteiger partial charge on any atom is 0.234 e. The SMILES string of the molecule is CS(=O)(=O)Nc1cccc(NC(=O)CS)c1. The first kappa shape index (κ1) is 12.9. The van der Waals surface area contributed by atoms with E-state index < -0.39 is 10.0 Å². The average Bonchev–Trinajstić information content (AvgIpc) is 2.15. The molecule has 0 spiro atoms. The second kappa shape index (κ2) is 5.22. The molecule has 1 aromatic rings. The Labute approximate surface area is 99.7 Å². The zero-order valence-corrected chi connectivity index (χ0v) is 10.3. The minimum absolute atomic E-state index is 0.0731. The van der Waals surface area contributed by atoms with E-state index in [0.717, 1.165) is 6.26 Å². The summed E-state index contributed by atoms with van der Waals surface area (Å²) >= 11 is 3.82. The molecule has 0 atom stereocenters. The van der Waals surface area contributed by atoms with Gasteiger partial charge in [-0.2, -0.15) is 12.6 Å². The van der Waals surface area contributed by atoms with Crippen LogP contribution in [-0.4, -0.2) is 26.3 Å². The normalized spacial score (nSPS) is 10.9. The van der Waals surface area contributed by atoms with Crippen molar-refractivity contribution >= 4 is 39.9 Å². The van der Waals surface area contributed by atoms with Crippen molar-refractivity contribution < 1.29 is 13.2 Å². The minimum Gasteiger partial charge on any atom is -0.325 e. The van der Waals surface area contributed by atoms with E-state index >= 15 is 0 Å². The fourth-order valence-corrected chi connectivity index (χ4v) is 1.71. The molecule has 0 heterocycles. The summed E-state index contributed by atoms with van der Waals surface area (Å²) in [6, 6.07) is 6.43. The van der Waals surface area contributed by atoms with E-state index in [1.165, 1.54) is 6.07 Å². The Morgan fingerprint density at radius 1 is 1.38 bits per heavy atom. The number of anilines is 2. The molecule has 0 aliphatic heterocycles. The highest BCUT2D eigenvalue weighted by Crippen LogP contribution is 2.15. The Kier molecular flexibility index (Phi) is 4.19. The van der Waals surface area contributed by atoms with Crippen LogP contribution in [0.2, 0.25) is 0 Å². The van der Waals surface area contributed by atoms with Gasteiger partial charge < -0.3 is 5.32 Å². The molecule has 0 aliphatic carbocycles. The summed E-state index contributed by atoms with van der Waals surface area (Å²) in [7, 11) is -3.31. The van der Waals surface area contributed by atoms with Gasteiger partial charge in [-0.1, -0.05) is 6.07 Å². The highest BCUT2D eigenvalue weighted by molar-refractivity contribution is 7.92. The second-order valence-corrected chi connectivity index (χ2v) is 5.23.